The molecule has 1 N–H and O–H groups in total. The quantitative estimate of drug-likeness (QED) is 0.175. The Hall–Kier alpha value is -4.14. The minimum Gasteiger partial charge on any atom is -0.352 e. The lowest BCUT2D eigenvalue weighted by Crippen LogP contribution is -2.54. The van der Waals surface area contributed by atoms with Crippen LogP contribution < -0.4 is 9.62 Å². The molecule has 0 heterocycles. The van der Waals surface area contributed by atoms with Crippen LogP contribution in [0.4, 0.5) is 5.69 Å². The van der Waals surface area contributed by atoms with E-state index in [1.807, 2.05) is 82.3 Å². The highest BCUT2D eigenvalue weighted by atomic mass is 35.5. The molecule has 4 rings (SSSR count). The van der Waals surface area contributed by atoms with Gasteiger partial charge in [0.2, 0.25) is 11.8 Å². The molecule has 0 aliphatic carbocycles. The fourth-order valence-electron chi connectivity index (χ4n) is 4.98. The number of carbonyl (C=O) groups is 2. The van der Waals surface area contributed by atoms with Gasteiger partial charge in [-0.1, -0.05) is 96.4 Å². The summed E-state index contributed by atoms with van der Waals surface area (Å²) in [6.07, 6.45) is 0.973. The monoisotopic (exact) mass is 645 g/mol. The highest BCUT2D eigenvalue weighted by molar-refractivity contribution is 7.92. The van der Waals surface area contributed by atoms with Crippen molar-refractivity contribution in [1.82, 2.24) is 10.2 Å². The van der Waals surface area contributed by atoms with Crippen molar-refractivity contribution in [3.63, 3.8) is 0 Å². The van der Waals surface area contributed by atoms with Crippen LogP contribution in [0, 0.1) is 13.8 Å². The van der Waals surface area contributed by atoms with Crippen LogP contribution in [-0.2, 0) is 32.6 Å². The molecule has 0 radical (unpaired) electrons. The van der Waals surface area contributed by atoms with Crippen LogP contribution >= 0.6 is 11.6 Å². The Morgan fingerprint density at radius 3 is 2.09 bits per heavy atom. The fraction of sp³-hybridized carbons (Fsp3) is 0.278. The summed E-state index contributed by atoms with van der Waals surface area (Å²) in [5, 5.41) is 3.49. The summed E-state index contributed by atoms with van der Waals surface area (Å²) >= 11 is 6.14. The zero-order chi connectivity index (χ0) is 32.6. The first-order valence-corrected chi connectivity index (χ1v) is 16.8. The van der Waals surface area contributed by atoms with Crippen molar-refractivity contribution in [3.05, 3.63) is 130 Å². The number of carbonyl (C=O) groups excluding carboxylic acids is 2. The summed E-state index contributed by atoms with van der Waals surface area (Å²) in [5.41, 5.74) is 3.91. The van der Waals surface area contributed by atoms with Gasteiger partial charge in [0.15, 0.2) is 0 Å². The number of benzene rings is 4. The normalized spacial score (nSPS) is 12.6. The average molecular weight is 646 g/mol. The molecule has 2 atom stereocenters. The van der Waals surface area contributed by atoms with E-state index in [-0.39, 0.29) is 35.5 Å². The van der Waals surface area contributed by atoms with E-state index >= 15 is 0 Å². The van der Waals surface area contributed by atoms with Gasteiger partial charge in [-0.2, -0.15) is 0 Å². The lowest BCUT2D eigenvalue weighted by atomic mass is 10.0. The summed E-state index contributed by atoms with van der Waals surface area (Å²) in [6, 6.07) is 29.0. The van der Waals surface area contributed by atoms with Gasteiger partial charge in [-0.15, -0.1) is 0 Å². The van der Waals surface area contributed by atoms with Gasteiger partial charge in [0.1, 0.15) is 12.6 Å². The largest absolute Gasteiger partial charge is 0.352 e. The first-order chi connectivity index (χ1) is 21.5. The summed E-state index contributed by atoms with van der Waals surface area (Å²) in [7, 11) is -4.18. The van der Waals surface area contributed by atoms with Crippen LogP contribution in [0.2, 0.25) is 5.02 Å². The van der Waals surface area contributed by atoms with E-state index in [4.69, 9.17) is 11.6 Å². The minimum atomic E-state index is -4.18. The Morgan fingerprint density at radius 1 is 0.822 bits per heavy atom. The molecule has 0 saturated carbocycles. The summed E-state index contributed by atoms with van der Waals surface area (Å²) < 4.78 is 29.3. The highest BCUT2D eigenvalue weighted by Crippen LogP contribution is 2.27. The third-order valence-corrected chi connectivity index (χ3v) is 9.75. The highest BCUT2D eigenvalue weighted by Gasteiger charge is 2.35. The molecule has 4 aromatic carbocycles. The van der Waals surface area contributed by atoms with Crippen molar-refractivity contribution in [2.75, 3.05) is 10.8 Å². The SMILES string of the molecule is CC[C@@H](C)NC(=O)[C@@H](Cc1ccccc1)N(Cc1cccc(C)c1)C(=O)CN(c1ccc(Cl)cc1)S(=O)(=O)c1ccc(C)cc1. The van der Waals surface area contributed by atoms with Crippen molar-refractivity contribution < 1.29 is 18.0 Å². The van der Waals surface area contributed by atoms with Crippen LogP contribution in [0.3, 0.4) is 0 Å². The van der Waals surface area contributed by atoms with Crippen LogP contribution in [0.25, 0.3) is 0 Å². The molecule has 0 bridgehead atoms. The molecule has 0 aromatic heterocycles. The third-order valence-electron chi connectivity index (χ3n) is 7.71. The molecule has 45 heavy (non-hydrogen) atoms. The van der Waals surface area contributed by atoms with Crippen LogP contribution in [-0.4, -0.2) is 43.8 Å². The average Bonchev–Trinajstić information content (AvgIpc) is 3.02. The Morgan fingerprint density at radius 2 is 1.47 bits per heavy atom. The Bertz CT molecular complexity index is 1690. The number of hydrogen-bond donors (Lipinski definition) is 1. The second-order valence-corrected chi connectivity index (χ2v) is 13.6. The van der Waals surface area contributed by atoms with Crippen LogP contribution in [0.15, 0.2) is 108 Å². The molecule has 0 fully saturated rings. The number of hydrogen-bond acceptors (Lipinski definition) is 4. The third kappa shape index (κ3) is 8.96. The first kappa shape index (κ1) is 33.7. The predicted molar refractivity (Wildman–Crippen MR) is 181 cm³/mol. The molecule has 7 nitrogen and oxygen atoms in total. The van der Waals surface area contributed by atoms with Gasteiger partial charge >= 0.3 is 0 Å². The molecule has 0 spiro atoms. The number of anilines is 1. The molecule has 2 amide bonds. The van der Waals surface area contributed by atoms with Crippen molar-refractivity contribution in [2.45, 2.75) is 64.1 Å². The molecular weight excluding hydrogens is 606 g/mol. The van der Waals surface area contributed by atoms with E-state index in [0.717, 1.165) is 33.0 Å². The van der Waals surface area contributed by atoms with Gasteiger partial charge in [-0.3, -0.25) is 13.9 Å². The standard InChI is InChI=1S/C36H40ClN3O4S/c1-5-28(4)38-36(42)34(23-29-11-7-6-8-12-29)39(24-30-13-9-10-27(3)22-30)35(41)25-40(32-18-16-31(37)17-19-32)45(43,44)33-20-14-26(2)15-21-33/h6-22,28,34H,5,23-25H2,1-4H3,(H,38,42)/t28-,34-/m1/s1. The maximum absolute atomic E-state index is 14.5. The van der Waals surface area contributed by atoms with Crippen molar-refractivity contribution in [3.8, 4) is 0 Å². The van der Waals surface area contributed by atoms with Gasteiger partial charge in [-0.05, 0) is 74.7 Å². The number of nitrogens with one attached hydrogen (secondary N) is 1. The summed E-state index contributed by atoms with van der Waals surface area (Å²) in [5.74, 6) is -0.809. The maximum atomic E-state index is 14.5. The van der Waals surface area contributed by atoms with Crippen molar-refractivity contribution >= 4 is 39.1 Å². The minimum absolute atomic E-state index is 0.0523. The van der Waals surface area contributed by atoms with E-state index < -0.39 is 28.5 Å². The van der Waals surface area contributed by atoms with E-state index in [1.165, 1.54) is 17.0 Å². The van der Waals surface area contributed by atoms with Gasteiger partial charge in [0, 0.05) is 24.0 Å². The molecule has 0 aliphatic heterocycles. The predicted octanol–water partition coefficient (Wildman–Crippen LogP) is 6.71. The van der Waals surface area contributed by atoms with Crippen LogP contribution in [0.5, 0.6) is 0 Å². The van der Waals surface area contributed by atoms with Crippen molar-refractivity contribution in [1.29, 1.82) is 0 Å². The number of nitrogens with zero attached hydrogens (tertiary/aromatic N) is 2. The lowest BCUT2D eigenvalue weighted by Gasteiger charge is -2.34. The number of halogens is 1. The fourth-order valence-corrected chi connectivity index (χ4v) is 6.52. The Labute approximate surface area is 271 Å². The summed E-state index contributed by atoms with van der Waals surface area (Å²) in [4.78, 5) is 30.0. The molecular formula is C36H40ClN3O4S. The number of rotatable bonds is 13. The Kier molecular flexibility index (Phi) is 11.4. The van der Waals surface area contributed by atoms with E-state index in [2.05, 4.69) is 5.32 Å². The molecule has 0 aliphatic rings. The zero-order valence-corrected chi connectivity index (χ0v) is 27.7. The first-order valence-electron chi connectivity index (χ1n) is 15.0. The molecule has 0 unspecified atom stereocenters. The topological polar surface area (TPSA) is 86.8 Å². The van der Waals surface area contributed by atoms with Gasteiger partial charge in [-0.25, -0.2) is 8.42 Å². The zero-order valence-electron chi connectivity index (χ0n) is 26.1. The summed E-state index contributed by atoms with van der Waals surface area (Å²) in [6.45, 7) is 7.32. The molecule has 236 valence electrons. The maximum Gasteiger partial charge on any atom is 0.264 e. The van der Waals surface area contributed by atoms with E-state index in [0.29, 0.717) is 5.02 Å². The van der Waals surface area contributed by atoms with Gasteiger partial charge in [0.25, 0.3) is 10.0 Å². The lowest BCUT2D eigenvalue weighted by molar-refractivity contribution is -0.140. The number of amides is 2. The van der Waals surface area contributed by atoms with E-state index in [1.54, 1.807) is 36.4 Å². The number of aryl methyl sites for hydroxylation is 2. The smallest absolute Gasteiger partial charge is 0.264 e. The molecule has 4 aromatic rings. The number of sulfonamides is 1. The van der Waals surface area contributed by atoms with E-state index in [9.17, 15) is 18.0 Å². The van der Waals surface area contributed by atoms with Gasteiger partial charge < -0.3 is 10.2 Å². The second kappa shape index (κ2) is 15.2. The molecule has 0 saturated heterocycles. The molecule has 9 heteroatoms. The Balaban J connectivity index is 1.80. The second-order valence-electron chi connectivity index (χ2n) is 11.3. The van der Waals surface area contributed by atoms with Gasteiger partial charge in [0.05, 0.1) is 10.6 Å². The van der Waals surface area contributed by atoms with Crippen molar-refractivity contribution in [2.24, 2.45) is 0 Å². The van der Waals surface area contributed by atoms with Crippen LogP contribution in [0.1, 0.15) is 42.5 Å².